The Morgan fingerprint density at radius 1 is 0.773 bits per heavy atom. The largest absolute Gasteiger partial charge is 0.493 e. The molecule has 0 unspecified atom stereocenters. The predicted octanol–water partition coefficient (Wildman–Crippen LogP) is 4.56. The van der Waals surface area contributed by atoms with Crippen LogP contribution in [0, 0.1) is 0 Å². The Balaban J connectivity index is 2.27. The summed E-state index contributed by atoms with van der Waals surface area (Å²) in [6, 6.07) is 14.0. The molecule has 0 aliphatic heterocycles. The molecule has 0 fully saturated rings. The van der Waals surface area contributed by atoms with E-state index in [2.05, 4.69) is 0 Å². The van der Waals surface area contributed by atoms with Crippen molar-refractivity contribution in [2.24, 2.45) is 0 Å². The Morgan fingerprint density at radius 3 is 1.45 bits per heavy atom. The van der Waals surface area contributed by atoms with E-state index in [0.717, 1.165) is 0 Å². The first-order chi connectivity index (χ1) is 10.6. The molecular formula is C14H14ClO5PS. The Morgan fingerprint density at radius 2 is 1.14 bits per heavy atom. The van der Waals surface area contributed by atoms with Gasteiger partial charge in [0, 0.05) is 11.8 Å². The lowest BCUT2D eigenvalue weighted by atomic mass is 10.3. The molecule has 2 aromatic rings. The highest BCUT2D eigenvalue weighted by molar-refractivity contribution is 8.08. The lowest BCUT2D eigenvalue weighted by Crippen LogP contribution is -2.02. The van der Waals surface area contributed by atoms with Crippen molar-refractivity contribution in [1.82, 2.24) is 0 Å². The van der Waals surface area contributed by atoms with Crippen molar-refractivity contribution >= 4 is 30.4 Å². The highest BCUT2D eigenvalue weighted by Gasteiger charge is 2.27. The van der Waals surface area contributed by atoms with Gasteiger partial charge in [0.05, 0.1) is 26.1 Å². The van der Waals surface area contributed by atoms with E-state index in [-0.39, 0.29) is 0 Å². The first kappa shape index (κ1) is 16.9. The summed E-state index contributed by atoms with van der Waals surface area (Å²) in [4.78, 5) is 0. The molecule has 0 aliphatic carbocycles. The second kappa shape index (κ2) is 7.70. The van der Waals surface area contributed by atoms with E-state index in [1.165, 1.54) is 14.2 Å². The van der Waals surface area contributed by atoms with E-state index in [4.69, 9.17) is 46.3 Å². The van der Waals surface area contributed by atoms with Gasteiger partial charge in [-0.05, 0) is 24.3 Å². The molecule has 0 N–H and O–H groups in total. The average molecular weight is 361 g/mol. The van der Waals surface area contributed by atoms with Crippen LogP contribution in [0.2, 0.25) is 0 Å². The van der Waals surface area contributed by atoms with Crippen molar-refractivity contribution in [3.63, 3.8) is 0 Å². The summed E-state index contributed by atoms with van der Waals surface area (Å²) in [5, 5.41) is 0. The molecule has 0 aromatic heterocycles. The van der Waals surface area contributed by atoms with Crippen LogP contribution in [0.5, 0.6) is 23.0 Å². The Labute approximate surface area is 139 Å². The van der Waals surface area contributed by atoms with Crippen LogP contribution >= 0.6 is 18.6 Å². The van der Waals surface area contributed by atoms with E-state index in [9.17, 15) is 0 Å². The third-order valence-electron chi connectivity index (χ3n) is 2.64. The van der Waals surface area contributed by atoms with Crippen LogP contribution < -0.4 is 18.5 Å². The van der Waals surface area contributed by atoms with Crippen molar-refractivity contribution in [3.05, 3.63) is 48.5 Å². The molecule has 22 heavy (non-hydrogen) atoms. The quantitative estimate of drug-likeness (QED) is 0.675. The second-order valence-electron chi connectivity index (χ2n) is 4.00. The summed E-state index contributed by atoms with van der Waals surface area (Å²) in [6.07, 6.45) is 0. The fraction of sp³-hybridized carbons (Fsp3) is 0.143. The van der Waals surface area contributed by atoms with Crippen LogP contribution in [0.15, 0.2) is 48.5 Å². The minimum Gasteiger partial charge on any atom is -0.493 e. The minimum atomic E-state index is -3.29. The van der Waals surface area contributed by atoms with Crippen LogP contribution in [0.4, 0.5) is 0 Å². The lowest BCUT2D eigenvalue weighted by Gasteiger charge is -2.21. The number of benzene rings is 2. The molecule has 0 saturated heterocycles. The van der Waals surface area contributed by atoms with Gasteiger partial charge in [0.1, 0.15) is 0 Å². The van der Waals surface area contributed by atoms with Gasteiger partial charge in [-0.2, -0.15) is 4.08 Å². The SMILES string of the molecule is COc1ccccc1OP(=S)(OCl)Oc1ccccc1OC. The molecule has 0 bridgehead atoms. The van der Waals surface area contributed by atoms with Crippen LogP contribution in [0.25, 0.3) is 0 Å². The number of hydrogen-bond donors (Lipinski definition) is 0. The van der Waals surface area contributed by atoms with Crippen molar-refractivity contribution in [1.29, 1.82) is 0 Å². The number of halogens is 1. The fourth-order valence-corrected chi connectivity index (χ4v) is 3.20. The molecule has 0 heterocycles. The number of hydrogen-bond acceptors (Lipinski definition) is 6. The highest BCUT2D eigenvalue weighted by Crippen LogP contribution is 2.54. The van der Waals surface area contributed by atoms with Gasteiger partial charge in [-0.1, -0.05) is 24.3 Å². The van der Waals surface area contributed by atoms with Crippen LogP contribution in [0.1, 0.15) is 0 Å². The number of ether oxygens (including phenoxy) is 2. The number of para-hydroxylation sites is 4. The molecule has 2 aromatic carbocycles. The van der Waals surface area contributed by atoms with Gasteiger partial charge < -0.3 is 18.5 Å². The van der Waals surface area contributed by atoms with Gasteiger partial charge in [-0.3, -0.25) is 0 Å². The van der Waals surface area contributed by atoms with Crippen LogP contribution in [-0.2, 0) is 15.9 Å². The van der Waals surface area contributed by atoms with Crippen molar-refractivity contribution < 1.29 is 22.6 Å². The standard InChI is InChI=1S/C14H14ClO5PS/c1-16-11-7-3-5-9-13(11)18-21(22,20-15)19-14-10-6-4-8-12(14)17-2/h3-10H,1-2H3. The zero-order valence-corrected chi connectivity index (χ0v) is 14.4. The molecule has 118 valence electrons. The molecule has 0 atom stereocenters. The van der Waals surface area contributed by atoms with E-state index in [1.54, 1.807) is 48.5 Å². The molecule has 0 saturated carbocycles. The molecule has 8 heteroatoms. The highest BCUT2D eigenvalue weighted by atomic mass is 35.5. The van der Waals surface area contributed by atoms with Gasteiger partial charge in [0.15, 0.2) is 23.0 Å². The normalized spacial score (nSPS) is 10.9. The maximum Gasteiger partial charge on any atom is 0.452 e. The smallest absolute Gasteiger partial charge is 0.452 e. The van der Waals surface area contributed by atoms with E-state index in [0.29, 0.717) is 23.0 Å². The first-order valence-corrected chi connectivity index (χ1v) is 9.04. The summed E-state index contributed by atoms with van der Waals surface area (Å²) >= 11 is 10.8. The monoisotopic (exact) mass is 360 g/mol. The van der Waals surface area contributed by atoms with Gasteiger partial charge in [-0.25, -0.2) is 0 Å². The molecular weight excluding hydrogens is 347 g/mol. The molecule has 0 amide bonds. The molecule has 0 radical (unpaired) electrons. The topological polar surface area (TPSA) is 46.2 Å². The summed E-state index contributed by atoms with van der Waals surface area (Å²) in [5.74, 6) is 1.75. The van der Waals surface area contributed by atoms with E-state index in [1.807, 2.05) is 0 Å². The van der Waals surface area contributed by atoms with Crippen molar-refractivity contribution in [3.8, 4) is 23.0 Å². The summed E-state index contributed by atoms with van der Waals surface area (Å²) in [7, 11) is 3.04. The Hall–Kier alpha value is -1.46. The third kappa shape index (κ3) is 4.05. The summed E-state index contributed by atoms with van der Waals surface area (Å²) < 4.78 is 26.5. The maximum atomic E-state index is 5.65. The van der Waals surface area contributed by atoms with Gasteiger partial charge in [0.25, 0.3) is 0 Å². The van der Waals surface area contributed by atoms with Crippen molar-refractivity contribution in [2.75, 3.05) is 14.2 Å². The predicted molar refractivity (Wildman–Crippen MR) is 88.5 cm³/mol. The lowest BCUT2D eigenvalue weighted by molar-refractivity contribution is 0.351. The van der Waals surface area contributed by atoms with Crippen molar-refractivity contribution in [2.45, 2.75) is 0 Å². The van der Waals surface area contributed by atoms with Crippen LogP contribution in [0.3, 0.4) is 0 Å². The average Bonchev–Trinajstić information content (AvgIpc) is 2.56. The molecule has 0 aliphatic rings. The van der Waals surface area contributed by atoms with E-state index < -0.39 is 6.72 Å². The molecule has 0 spiro atoms. The second-order valence-corrected chi connectivity index (χ2v) is 7.15. The fourth-order valence-electron chi connectivity index (χ4n) is 1.68. The zero-order valence-electron chi connectivity index (χ0n) is 11.9. The Kier molecular flexibility index (Phi) is 5.91. The molecule has 2 rings (SSSR count). The van der Waals surface area contributed by atoms with Gasteiger partial charge in [-0.15, -0.1) is 0 Å². The van der Waals surface area contributed by atoms with E-state index >= 15 is 0 Å². The van der Waals surface area contributed by atoms with Gasteiger partial charge in [0.2, 0.25) is 0 Å². The molecule has 5 nitrogen and oxygen atoms in total. The Bertz CT molecular complexity index is 628. The number of rotatable bonds is 7. The minimum absolute atomic E-state index is 0.379. The number of methoxy groups -OCH3 is 2. The zero-order chi connectivity index (χ0) is 16.0. The maximum absolute atomic E-state index is 5.65. The van der Waals surface area contributed by atoms with Crippen LogP contribution in [-0.4, -0.2) is 14.2 Å². The third-order valence-corrected chi connectivity index (χ3v) is 5.11. The first-order valence-electron chi connectivity index (χ1n) is 6.17. The summed E-state index contributed by atoms with van der Waals surface area (Å²) in [5.41, 5.74) is 0. The van der Waals surface area contributed by atoms with Gasteiger partial charge >= 0.3 is 6.72 Å². The summed E-state index contributed by atoms with van der Waals surface area (Å²) in [6.45, 7) is -3.29.